The largest absolute Gasteiger partial charge is 0.294 e. The van der Waals surface area contributed by atoms with Gasteiger partial charge in [-0.2, -0.15) is 0 Å². The Balaban J connectivity index is 2.32. The summed E-state index contributed by atoms with van der Waals surface area (Å²) in [4.78, 5) is 12.7. The van der Waals surface area contributed by atoms with E-state index in [0.717, 1.165) is 15.4 Å². The maximum Gasteiger partial charge on any atom is 0.173 e. The van der Waals surface area contributed by atoms with E-state index in [1.165, 1.54) is 24.3 Å². The quantitative estimate of drug-likeness (QED) is 0.756. The first-order chi connectivity index (χ1) is 8.49. The smallest absolute Gasteiger partial charge is 0.173 e. The van der Waals surface area contributed by atoms with Gasteiger partial charge in [-0.3, -0.25) is 4.79 Å². The second kappa shape index (κ2) is 5.28. The number of Topliss-reactive ketones (excluding diaryl/α,β-unsaturated/α-hetero) is 1. The SMILES string of the molecule is Cc1ccc(F)c(C(=O)Cc2cc(Br)cs2)c1F. The highest BCUT2D eigenvalue weighted by Gasteiger charge is 2.19. The lowest BCUT2D eigenvalue weighted by Crippen LogP contribution is -2.09. The van der Waals surface area contributed by atoms with Crippen LogP contribution in [0.1, 0.15) is 20.8 Å². The molecule has 0 aliphatic heterocycles. The van der Waals surface area contributed by atoms with Crippen molar-refractivity contribution in [3.8, 4) is 0 Å². The van der Waals surface area contributed by atoms with Crippen LogP contribution >= 0.6 is 27.3 Å². The molecule has 2 aromatic rings. The van der Waals surface area contributed by atoms with E-state index in [1.54, 1.807) is 6.07 Å². The van der Waals surface area contributed by atoms with E-state index in [9.17, 15) is 13.6 Å². The van der Waals surface area contributed by atoms with Gasteiger partial charge < -0.3 is 0 Å². The van der Waals surface area contributed by atoms with Crippen LogP contribution in [-0.4, -0.2) is 5.78 Å². The number of thiophene rings is 1. The topological polar surface area (TPSA) is 17.1 Å². The molecule has 1 aromatic heterocycles. The Morgan fingerprint density at radius 1 is 1.39 bits per heavy atom. The first-order valence-corrected chi connectivity index (χ1v) is 6.87. The summed E-state index contributed by atoms with van der Waals surface area (Å²) in [6, 6.07) is 4.22. The van der Waals surface area contributed by atoms with Gasteiger partial charge in [0.1, 0.15) is 11.6 Å². The van der Waals surface area contributed by atoms with Crippen LogP contribution in [0.25, 0.3) is 0 Å². The van der Waals surface area contributed by atoms with Crippen LogP contribution in [0.2, 0.25) is 0 Å². The lowest BCUT2D eigenvalue weighted by atomic mass is 10.0. The molecule has 1 aromatic carbocycles. The Labute approximate surface area is 116 Å². The third-order valence-corrected chi connectivity index (χ3v) is 4.22. The molecule has 0 atom stereocenters. The Morgan fingerprint density at radius 2 is 2.11 bits per heavy atom. The zero-order valence-electron chi connectivity index (χ0n) is 9.47. The molecule has 0 aliphatic carbocycles. The lowest BCUT2D eigenvalue weighted by molar-refractivity contribution is 0.0985. The minimum Gasteiger partial charge on any atom is -0.294 e. The van der Waals surface area contributed by atoms with E-state index in [-0.39, 0.29) is 12.0 Å². The van der Waals surface area contributed by atoms with Crippen LogP contribution in [0.5, 0.6) is 0 Å². The van der Waals surface area contributed by atoms with E-state index in [2.05, 4.69) is 15.9 Å². The highest BCUT2D eigenvalue weighted by atomic mass is 79.9. The summed E-state index contributed by atoms with van der Waals surface area (Å²) in [6.45, 7) is 1.51. The molecular weight excluding hydrogens is 322 g/mol. The molecule has 0 saturated carbocycles. The zero-order chi connectivity index (χ0) is 13.3. The van der Waals surface area contributed by atoms with Crippen molar-refractivity contribution < 1.29 is 13.6 Å². The van der Waals surface area contributed by atoms with Crippen molar-refractivity contribution in [1.82, 2.24) is 0 Å². The number of hydrogen-bond donors (Lipinski definition) is 0. The van der Waals surface area contributed by atoms with E-state index in [4.69, 9.17) is 0 Å². The van der Waals surface area contributed by atoms with Gasteiger partial charge in [-0.25, -0.2) is 8.78 Å². The molecule has 0 amide bonds. The molecule has 18 heavy (non-hydrogen) atoms. The second-order valence-corrected chi connectivity index (χ2v) is 5.80. The van der Waals surface area contributed by atoms with Gasteiger partial charge in [0.15, 0.2) is 5.78 Å². The summed E-state index contributed by atoms with van der Waals surface area (Å²) in [5.74, 6) is -2.11. The van der Waals surface area contributed by atoms with Crippen LogP contribution < -0.4 is 0 Å². The van der Waals surface area contributed by atoms with Gasteiger partial charge in [-0.1, -0.05) is 6.07 Å². The van der Waals surface area contributed by atoms with Crippen molar-refractivity contribution in [2.75, 3.05) is 0 Å². The molecular formula is C13H9BrF2OS. The molecule has 5 heteroatoms. The summed E-state index contributed by atoms with van der Waals surface area (Å²) >= 11 is 4.65. The maximum absolute atomic E-state index is 13.8. The predicted octanol–water partition coefficient (Wildman–Crippen LogP) is 4.52. The number of carbonyl (C=O) groups excluding carboxylic acids is 1. The fourth-order valence-corrected chi connectivity index (χ4v) is 3.06. The van der Waals surface area contributed by atoms with Crippen LogP contribution in [-0.2, 0) is 6.42 Å². The summed E-state index contributed by atoms with van der Waals surface area (Å²) in [6.07, 6.45) is 0.00750. The zero-order valence-corrected chi connectivity index (χ0v) is 11.9. The van der Waals surface area contributed by atoms with Crippen LogP contribution in [0.15, 0.2) is 28.1 Å². The Kier molecular flexibility index (Phi) is 3.92. The first kappa shape index (κ1) is 13.4. The van der Waals surface area contributed by atoms with Gasteiger partial charge in [-0.05, 0) is 40.5 Å². The van der Waals surface area contributed by atoms with E-state index in [1.807, 2.05) is 5.38 Å². The fourth-order valence-electron chi connectivity index (χ4n) is 1.61. The van der Waals surface area contributed by atoms with Gasteiger partial charge in [0, 0.05) is 21.2 Å². The van der Waals surface area contributed by atoms with Gasteiger partial charge in [0.25, 0.3) is 0 Å². The number of hydrogen-bond acceptors (Lipinski definition) is 2. The maximum atomic E-state index is 13.8. The van der Waals surface area contributed by atoms with Crippen molar-refractivity contribution in [2.45, 2.75) is 13.3 Å². The van der Waals surface area contributed by atoms with E-state index >= 15 is 0 Å². The molecule has 0 unspecified atom stereocenters. The van der Waals surface area contributed by atoms with Crippen molar-refractivity contribution in [3.05, 3.63) is 55.7 Å². The molecule has 0 saturated heterocycles. The van der Waals surface area contributed by atoms with Gasteiger partial charge in [0.05, 0.1) is 5.56 Å². The average Bonchev–Trinajstić information content (AvgIpc) is 2.70. The third kappa shape index (κ3) is 2.67. The van der Waals surface area contributed by atoms with Crippen molar-refractivity contribution in [1.29, 1.82) is 0 Å². The molecule has 0 radical (unpaired) electrons. The summed E-state index contributed by atoms with van der Waals surface area (Å²) in [5.41, 5.74) is -0.174. The minimum absolute atomic E-state index is 0.00750. The van der Waals surface area contributed by atoms with Gasteiger partial charge in [-0.15, -0.1) is 11.3 Å². The third-order valence-electron chi connectivity index (χ3n) is 2.52. The molecule has 0 fully saturated rings. The standard InChI is InChI=1S/C13H9BrF2OS/c1-7-2-3-10(15)12(13(7)16)11(17)5-9-4-8(14)6-18-9/h2-4,6H,5H2,1H3. The highest BCUT2D eigenvalue weighted by Crippen LogP contribution is 2.23. The normalized spacial score (nSPS) is 10.7. The molecule has 0 aliphatic rings. The summed E-state index contributed by atoms with van der Waals surface area (Å²) in [7, 11) is 0. The number of ketones is 1. The Bertz CT molecular complexity index is 607. The predicted molar refractivity (Wildman–Crippen MR) is 71.1 cm³/mol. The van der Waals surface area contributed by atoms with Gasteiger partial charge in [0.2, 0.25) is 0 Å². The molecule has 1 heterocycles. The lowest BCUT2D eigenvalue weighted by Gasteiger charge is -2.05. The molecule has 94 valence electrons. The van der Waals surface area contributed by atoms with Crippen molar-refractivity contribution >= 4 is 33.0 Å². The second-order valence-electron chi connectivity index (χ2n) is 3.88. The summed E-state index contributed by atoms with van der Waals surface area (Å²) < 4.78 is 28.1. The summed E-state index contributed by atoms with van der Waals surface area (Å²) in [5, 5.41) is 1.82. The molecule has 0 spiro atoms. The molecule has 2 rings (SSSR count). The molecule has 0 N–H and O–H groups in total. The highest BCUT2D eigenvalue weighted by molar-refractivity contribution is 9.10. The van der Waals surface area contributed by atoms with Crippen molar-refractivity contribution in [3.63, 3.8) is 0 Å². The van der Waals surface area contributed by atoms with Crippen LogP contribution in [0.4, 0.5) is 8.78 Å². The number of carbonyl (C=O) groups is 1. The Hall–Kier alpha value is -1.07. The van der Waals surface area contributed by atoms with E-state index in [0.29, 0.717) is 0 Å². The average molecular weight is 331 g/mol. The number of benzene rings is 1. The number of halogens is 3. The van der Waals surface area contributed by atoms with Crippen LogP contribution in [0.3, 0.4) is 0 Å². The minimum atomic E-state index is -0.807. The van der Waals surface area contributed by atoms with Gasteiger partial charge >= 0.3 is 0 Å². The van der Waals surface area contributed by atoms with Crippen molar-refractivity contribution in [2.24, 2.45) is 0 Å². The van der Waals surface area contributed by atoms with E-state index < -0.39 is 23.0 Å². The van der Waals surface area contributed by atoms with Crippen LogP contribution in [0, 0.1) is 18.6 Å². The monoisotopic (exact) mass is 330 g/mol. The molecule has 0 bridgehead atoms. The fraction of sp³-hybridized carbons (Fsp3) is 0.154. The molecule has 1 nitrogen and oxygen atoms in total. The number of aryl methyl sites for hydroxylation is 1. The number of rotatable bonds is 3. The first-order valence-electron chi connectivity index (χ1n) is 5.19. The Morgan fingerprint density at radius 3 is 2.72 bits per heavy atom.